The third-order valence-electron chi connectivity index (χ3n) is 5.15. The lowest BCUT2D eigenvalue weighted by Crippen LogP contribution is -2.15. The number of amides is 1. The second-order valence-electron chi connectivity index (χ2n) is 7.63. The highest BCUT2D eigenvalue weighted by atomic mass is 32.2. The van der Waals surface area contributed by atoms with Crippen molar-refractivity contribution in [3.8, 4) is 22.9 Å². The standard InChI is InChI=1S/C25H21FN4O4S/c1-16(34-20-10-7-17(26)8-11-20)24-28-29-25(30(24)19-5-3-2-4-6-19)35-14-23(31)27-18-9-12-21-22(13-18)33-15-32-21/h2-13,16H,14-15H2,1H3,(H,27,31). The molecule has 1 aromatic heterocycles. The van der Waals surface area contributed by atoms with Crippen LogP contribution in [0.1, 0.15) is 18.9 Å². The molecule has 0 spiro atoms. The van der Waals surface area contributed by atoms with Gasteiger partial charge in [-0.15, -0.1) is 10.2 Å². The molecule has 4 aromatic rings. The Kier molecular flexibility index (Phi) is 6.53. The van der Waals surface area contributed by atoms with E-state index in [0.29, 0.717) is 33.9 Å². The molecule has 1 N–H and O–H groups in total. The van der Waals surface area contributed by atoms with E-state index in [1.54, 1.807) is 30.3 Å². The molecule has 1 aliphatic heterocycles. The topological polar surface area (TPSA) is 87.5 Å². The number of ether oxygens (including phenoxy) is 3. The predicted octanol–water partition coefficient (Wildman–Crippen LogP) is 5.01. The number of halogens is 1. The van der Waals surface area contributed by atoms with Crippen LogP contribution in [0.4, 0.5) is 10.1 Å². The Labute approximate surface area is 205 Å². The molecular formula is C25H21FN4O4S. The maximum absolute atomic E-state index is 13.3. The zero-order valence-electron chi connectivity index (χ0n) is 18.7. The van der Waals surface area contributed by atoms with Crippen molar-refractivity contribution in [2.75, 3.05) is 17.9 Å². The van der Waals surface area contributed by atoms with Crippen molar-refractivity contribution in [2.24, 2.45) is 0 Å². The van der Waals surface area contributed by atoms with Crippen molar-refractivity contribution in [3.63, 3.8) is 0 Å². The number of thioether (sulfide) groups is 1. The zero-order valence-corrected chi connectivity index (χ0v) is 19.5. The molecule has 1 aliphatic rings. The number of hydrogen-bond acceptors (Lipinski definition) is 7. The van der Waals surface area contributed by atoms with Crippen LogP contribution >= 0.6 is 11.8 Å². The molecule has 0 fully saturated rings. The van der Waals surface area contributed by atoms with E-state index in [4.69, 9.17) is 14.2 Å². The summed E-state index contributed by atoms with van der Waals surface area (Å²) in [7, 11) is 0. The predicted molar refractivity (Wildman–Crippen MR) is 129 cm³/mol. The molecule has 0 bridgehead atoms. The van der Waals surface area contributed by atoms with Gasteiger partial charge >= 0.3 is 0 Å². The SMILES string of the molecule is CC(Oc1ccc(F)cc1)c1nnc(SCC(=O)Nc2ccc3c(c2)OCO3)n1-c1ccccc1. The van der Waals surface area contributed by atoms with E-state index in [9.17, 15) is 9.18 Å². The fourth-order valence-electron chi connectivity index (χ4n) is 3.53. The van der Waals surface area contributed by atoms with Crippen LogP contribution in [0.2, 0.25) is 0 Å². The third kappa shape index (κ3) is 5.22. The van der Waals surface area contributed by atoms with Gasteiger partial charge in [0.25, 0.3) is 0 Å². The second-order valence-corrected chi connectivity index (χ2v) is 8.57. The molecular weight excluding hydrogens is 471 g/mol. The molecule has 8 nitrogen and oxygen atoms in total. The van der Waals surface area contributed by atoms with Crippen LogP contribution in [0.25, 0.3) is 5.69 Å². The van der Waals surface area contributed by atoms with Gasteiger partial charge in [-0.3, -0.25) is 9.36 Å². The van der Waals surface area contributed by atoms with E-state index < -0.39 is 6.10 Å². The van der Waals surface area contributed by atoms with Gasteiger partial charge in [0, 0.05) is 17.4 Å². The summed E-state index contributed by atoms with van der Waals surface area (Å²) in [4.78, 5) is 12.6. The zero-order chi connectivity index (χ0) is 24.2. The normalized spacial score (nSPS) is 12.9. The van der Waals surface area contributed by atoms with Crippen molar-refractivity contribution in [2.45, 2.75) is 18.2 Å². The van der Waals surface area contributed by atoms with Crippen LogP contribution in [0, 0.1) is 5.82 Å². The number of carbonyl (C=O) groups is 1. The highest BCUT2D eigenvalue weighted by Crippen LogP contribution is 2.34. The highest BCUT2D eigenvalue weighted by Gasteiger charge is 2.22. The summed E-state index contributed by atoms with van der Waals surface area (Å²) in [5, 5.41) is 12.1. The molecule has 178 valence electrons. The van der Waals surface area contributed by atoms with Crippen LogP contribution in [0.5, 0.6) is 17.2 Å². The summed E-state index contributed by atoms with van der Waals surface area (Å²) < 4.78 is 31.7. The number of anilines is 1. The van der Waals surface area contributed by atoms with Gasteiger partial charge in [-0.1, -0.05) is 30.0 Å². The van der Waals surface area contributed by atoms with Crippen LogP contribution in [0.15, 0.2) is 78.0 Å². The summed E-state index contributed by atoms with van der Waals surface area (Å²) in [6.45, 7) is 2.01. The van der Waals surface area contributed by atoms with Crippen molar-refractivity contribution < 1.29 is 23.4 Å². The Morgan fingerprint density at radius 2 is 1.86 bits per heavy atom. The van der Waals surface area contributed by atoms with Crippen molar-refractivity contribution in [1.82, 2.24) is 14.8 Å². The molecule has 0 saturated heterocycles. The Balaban J connectivity index is 1.32. The molecule has 5 rings (SSSR count). The Morgan fingerprint density at radius 1 is 1.09 bits per heavy atom. The van der Waals surface area contributed by atoms with Gasteiger partial charge < -0.3 is 19.5 Å². The molecule has 10 heteroatoms. The summed E-state index contributed by atoms with van der Waals surface area (Å²) in [6.07, 6.45) is -0.482. The number of rotatable bonds is 8. The molecule has 0 radical (unpaired) electrons. The number of aromatic nitrogens is 3. The summed E-state index contributed by atoms with van der Waals surface area (Å²) in [5.41, 5.74) is 1.45. The van der Waals surface area contributed by atoms with E-state index in [2.05, 4.69) is 15.5 Å². The lowest BCUT2D eigenvalue weighted by Gasteiger charge is -2.16. The van der Waals surface area contributed by atoms with Crippen molar-refractivity contribution in [3.05, 3.63) is 84.4 Å². The molecule has 0 aliphatic carbocycles. The van der Waals surface area contributed by atoms with E-state index in [0.717, 1.165) is 5.69 Å². The highest BCUT2D eigenvalue weighted by molar-refractivity contribution is 7.99. The third-order valence-corrected chi connectivity index (χ3v) is 6.08. The number of fused-ring (bicyclic) bond motifs is 1. The Hall–Kier alpha value is -4.05. The minimum absolute atomic E-state index is 0.118. The van der Waals surface area contributed by atoms with Crippen molar-refractivity contribution in [1.29, 1.82) is 0 Å². The first-order valence-corrected chi connectivity index (χ1v) is 11.8. The number of carbonyl (C=O) groups excluding carboxylic acids is 1. The van der Waals surface area contributed by atoms with Crippen LogP contribution in [-0.4, -0.2) is 33.2 Å². The van der Waals surface area contributed by atoms with E-state index in [1.807, 2.05) is 41.8 Å². The van der Waals surface area contributed by atoms with E-state index in [-0.39, 0.29) is 24.3 Å². The smallest absolute Gasteiger partial charge is 0.234 e. The molecule has 0 saturated carbocycles. The fourth-order valence-corrected chi connectivity index (χ4v) is 4.29. The van der Waals surface area contributed by atoms with Crippen LogP contribution in [0.3, 0.4) is 0 Å². The van der Waals surface area contributed by atoms with Gasteiger partial charge in [-0.2, -0.15) is 0 Å². The van der Waals surface area contributed by atoms with Crippen LogP contribution in [-0.2, 0) is 4.79 Å². The maximum Gasteiger partial charge on any atom is 0.234 e. The van der Waals surface area contributed by atoms with Gasteiger partial charge in [-0.05, 0) is 55.5 Å². The first-order chi connectivity index (χ1) is 17.1. The van der Waals surface area contributed by atoms with Gasteiger partial charge in [0.15, 0.2) is 28.6 Å². The van der Waals surface area contributed by atoms with Crippen molar-refractivity contribution >= 4 is 23.4 Å². The summed E-state index contributed by atoms with van der Waals surface area (Å²) in [6, 6.07) is 20.6. The van der Waals surface area contributed by atoms with Crippen LogP contribution < -0.4 is 19.5 Å². The van der Waals surface area contributed by atoms with Gasteiger partial charge in [0.05, 0.1) is 5.75 Å². The first-order valence-electron chi connectivity index (χ1n) is 10.8. The quantitative estimate of drug-likeness (QED) is 0.346. The molecule has 1 atom stereocenters. The van der Waals surface area contributed by atoms with Gasteiger partial charge in [-0.25, -0.2) is 4.39 Å². The van der Waals surface area contributed by atoms with Gasteiger partial charge in [0.1, 0.15) is 11.6 Å². The molecule has 35 heavy (non-hydrogen) atoms. The first kappa shape index (κ1) is 22.7. The molecule has 1 amide bonds. The summed E-state index contributed by atoms with van der Waals surface area (Å²) >= 11 is 1.26. The molecule has 2 heterocycles. The van der Waals surface area contributed by atoms with E-state index >= 15 is 0 Å². The van der Waals surface area contributed by atoms with Gasteiger partial charge in [0.2, 0.25) is 12.7 Å². The molecule has 1 unspecified atom stereocenters. The Morgan fingerprint density at radius 3 is 2.66 bits per heavy atom. The number of benzene rings is 3. The Bertz CT molecular complexity index is 1330. The van der Waals surface area contributed by atoms with E-state index in [1.165, 1.54) is 23.9 Å². The average Bonchev–Trinajstić information content (AvgIpc) is 3.51. The lowest BCUT2D eigenvalue weighted by atomic mass is 10.3. The number of nitrogens with zero attached hydrogens (tertiary/aromatic N) is 3. The monoisotopic (exact) mass is 492 g/mol. The molecule has 3 aromatic carbocycles. The lowest BCUT2D eigenvalue weighted by molar-refractivity contribution is -0.113. The maximum atomic E-state index is 13.3. The largest absolute Gasteiger partial charge is 0.483 e. The second kappa shape index (κ2) is 10.1. The number of para-hydroxylation sites is 1. The number of nitrogens with one attached hydrogen (secondary N) is 1. The average molecular weight is 493 g/mol. The minimum Gasteiger partial charge on any atom is -0.483 e. The minimum atomic E-state index is -0.482. The summed E-state index contributed by atoms with van der Waals surface area (Å²) in [5.74, 6) is 1.89. The fraction of sp³-hybridized carbons (Fsp3) is 0.160. The number of hydrogen-bond donors (Lipinski definition) is 1.